The fourth-order valence-corrected chi connectivity index (χ4v) is 1.45. The Hall–Kier alpha value is -1.01. The predicted molar refractivity (Wildman–Crippen MR) is 57.5 cm³/mol. The highest BCUT2D eigenvalue weighted by Crippen LogP contribution is 2.16. The van der Waals surface area contributed by atoms with E-state index in [-0.39, 0.29) is 6.04 Å². The summed E-state index contributed by atoms with van der Waals surface area (Å²) in [6.45, 7) is 1.99. The van der Waals surface area contributed by atoms with Crippen molar-refractivity contribution in [2.24, 2.45) is 0 Å². The van der Waals surface area contributed by atoms with Crippen LogP contribution in [0.3, 0.4) is 0 Å². The molecule has 68 valence electrons. The van der Waals surface area contributed by atoms with E-state index in [1.165, 1.54) is 0 Å². The second-order valence-corrected chi connectivity index (χ2v) is 3.83. The van der Waals surface area contributed by atoms with Crippen LogP contribution < -0.4 is 5.32 Å². The molecule has 0 heterocycles. The molecule has 0 aliphatic rings. The van der Waals surface area contributed by atoms with Crippen LogP contribution in [0.4, 0.5) is 5.69 Å². The number of nitrogens with zero attached hydrogens (tertiary/aromatic N) is 1. The summed E-state index contributed by atoms with van der Waals surface area (Å²) in [5, 5.41) is 11.7. The topological polar surface area (TPSA) is 35.8 Å². The SMILES string of the molecule is CC(CC#N)Nc1cccc(Br)c1. The average Bonchev–Trinajstić information content (AvgIpc) is 2.04. The lowest BCUT2D eigenvalue weighted by Crippen LogP contribution is -2.13. The van der Waals surface area contributed by atoms with Crippen LogP contribution >= 0.6 is 15.9 Å². The van der Waals surface area contributed by atoms with Crippen LogP contribution in [0.15, 0.2) is 28.7 Å². The van der Waals surface area contributed by atoms with Crippen molar-refractivity contribution in [3.63, 3.8) is 0 Å². The Bertz CT molecular complexity index is 317. The molecule has 13 heavy (non-hydrogen) atoms. The summed E-state index contributed by atoms with van der Waals surface area (Å²) < 4.78 is 1.04. The Morgan fingerprint density at radius 2 is 2.38 bits per heavy atom. The maximum absolute atomic E-state index is 8.47. The van der Waals surface area contributed by atoms with Gasteiger partial charge >= 0.3 is 0 Å². The first-order valence-corrected chi connectivity index (χ1v) is 4.90. The molecule has 0 saturated heterocycles. The molecule has 0 aromatic heterocycles. The van der Waals surface area contributed by atoms with Crippen molar-refractivity contribution in [2.45, 2.75) is 19.4 Å². The van der Waals surface area contributed by atoms with E-state index in [4.69, 9.17) is 5.26 Å². The van der Waals surface area contributed by atoms with Gasteiger partial charge in [0, 0.05) is 16.2 Å². The first kappa shape index (κ1) is 10.1. The zero-order chi connectivity index (χ0) is 9.68. The summed E-state index contributed by atoms with van der Waals surface area (Å²) in [6, 6.07) is 10.2. The Labute approximate surface area is 86.7 Å². The molecule has 0 aliphatic heterocycles. The van der Waals surface area contributed by atoms with Crippen LogP contribution in [0, 0.1) is 11.3 Å². The number of hydrogen-bond acceptors (Lipinski definition) is 2. The van der Waals surface area contributed by atoms with E-state index >= 15 is 0 Å². The smallest absolute Gasteiger partial charge is 0.0643 e. The van der Waals surface area contributed by atoms with Crippen molar-refractivity contribution in [2.75, 3.05) is 5.32 Å². The minimum absolute atomic E-state index is 0.194. The number of nitriles is 1. The summed E-state index contributed by atoms with van der Waals surface area (Å²) in [6.07, 6.45) is 0.520. The molecule has 0 amide bonds. The lowest BCUT2D eigenvalue weighted by Gasteiger charge is -2.11. The number of benzene rings is 1. The van der Waals surface area contributed by atoms with Crippen molar-refractivity contribution in [1.82, 2.24) is 0 Å². The van der Waals surface area contributed by atoms with E-state index in [1.54, 1.807) is 0 Å². The highest BCUT2D eigenvalue weighted by molar-refractivity contribution is 9.10. The Morgan fingerprint density at radius 1 is 1.62 bits per heavy atom. The summed E-state index contributed by atoms with van der Waals surface area (Å²) in [5.41, 5.74) is 1.04. The first-order valence-electron chi connectivity index (χ1n) is 4.11. The molecule has 2 nitrogen and oxygen atoms in total. The Kier molecular flexibility index (Phi) is 3.78. The largest absolute Gasteiger partial charge is 0.382 e. The van der Waals surface area contributed by atoms with Gasteiger partial charge in [-0.3, -0.25) is 0 Å². The van der Waals surface area contributed by atoms with Gasteiger partial charge in [0.15, 0.2) is 0 Å². The molecule has 1 aromatic carbocycles. The lowest BCUT2D eigenvalue weighted by atomic mass is 10.2. The molecule has 0 radical (unpaired) electrons. The molecule has 3 heteroatoms. The Balaban J connectivity index is 2.59. The molecule has 1 N–H and O–H groups in total. The molecule has 1 aromatic rings. The fourth-order valence-electron chi connectivity index (χ4n) is 1.05. The van der Waals surface area contributed by atoms with E-state index in [1.807, 2.05) is 31.2 Å². The van der Waals surface area contributed by atoms with Gasteiger partial charge in [-0.15, -0.1) is 0 Å². The van der Waals surface area contributed by atoms with Crippen molar-refractivity contribution in [1.29, 1.82) is 5.26 Å². The van der Waals surface area contributed by atoms with Gasteiger partial charge in [-0.1, -0.05) is 22.0 Å². The molecular formula is C10H11BrN2. The molecule has 1 atom stereocenters. The molecular weight excluding hydrogens is 228 g/mol. The van der Waals surface area contributed by atoms with Crippen LogP contribution in [-0.2, 0) is 0 Å². The second-order valence-electron chi connectivity index (χ2n) is 2.92. The van der Waals surface area contributed by atoms with E-state index < -0.39 is 0 Å². The maximum atomic E-state index is 8.47. The summed E-state index contributed by atoms with van der Waals surface area (Å²) in [5.74, 6) is 0. The summed E-state index contributed by atoms with van der Waals surface area (Å²) >= 11 is 3.39. The predicted octanol–water partition coefficient (Wildman–Crippen LogP) is 3.16. The normalized spacial score (nSPS) is 11.8. The minimum Gasteiger partial charge on any atom is -0.382 e. The van der Waals surface area contributed by atoms with Gasteiger partial charge in [0.2, 0.25) is 0 Å². The van der Waals surface area contributed by atoms with E-state index in [2.05, 4.69) is 27.3 Å². The zero-order valence-electron chi connectivity index (χ0n) is 7.42. The average molecular weight is 239 g/mol. The highest BCUT2D eigenvalue weighted by atomic mass is 79.9. The third-order valence-corrected chi connectivity index (χ3v) is 2.13. The second kappa shape index (κ2) is 4.88. The lowest BCUT2D eigenvalue weighted by molar-refractivity contribution is 0.821. The number of halogens is 1. The van der Waals surface area contributed by atoms with E-state index in [0.29, 0.717) is 6.42 Å². The van der Waals surface area contributed by atoms with Crippen LogP contribution in [0.1, 0.15) is 13.3 Å². The van der Waals surface area contributed by atoms with Gasteiger partial charge in [0.25, 0.3) is 0 Å². The van der Waals surface area contributed by atoms with Gasteiger partial charge in [-0.2, -0.15) is 5.26 Å². The third kappa shape index (κ3) is 3.47. The van der Waals surface area contributed by atoms with Gasteiger partial charge in [-0.25, -0.2) is 0 Å². The van der Waals surface area contributed by atoms with Crippen LogP contribution in [-0.4, -0.2) is 6.04 Å². The summed E-state index contributed by atoms with van der Waals surface area (Å²) in [4.78, 5) is 0. The molecule has 0 bridgehead atoms. The molecule has 0 fully saturated rings. The maximum Gasteiger partial charge on any atom is 0.0643 e. The molecule has 0 saturated carbocycles. The van der Waals surface area contributed by atoms with E-state index in [9.17, 15) is 0 Å². The van der Waals surface area contributed by atoms with E-state index in [0.717, 1.165) is 10.2 Å². The minimum atomic E-state index is 0.194. The van der Waals surface area contributed by atoms with Crippen LogP contribution in [0.25, 0.3) is 0 Å². The van der Waals surface area contributed by atoms with Gasteiger partial charge < -0.3 is 5.32 Å². The molecule has 0 aliphatic carbocycles. The molecule has 1 rings (SSSR count). The molecule has 0 spiro atoms. The quantitative estimate of drug-likeness (QED) is 0.879. The number of hydrogen-bond donors (Lipinski definition) is 1. The molecule has 1 unspecified atom stereocenters. The Morgan fingerprint density at radius 3 is 3.00 bits per heavy atom. The van der Waals surface area contributed by atoms with Crippen molar-refractivity contribution >= 4 is 21.6 Å². The number of rotatable bonds is 3. The number of anilines is 1. The van der Waals surface area contributed by atoms with Crippen molar-refractivity contribution < 1.29 is 0 Å². The first-order chi connectivity index (χ1) is 6.22. The van der Waals surface area contributed by atoms with Crippen molar-refractivity contribution in [3.05, 3.63) is 28.7 Å². The summed E-state index contributed by atoms with van der Waals surface area (Å²) in [7, 11) is 0. The van der Waals surface area contributed by atoms with Crippen LogP contribution in [0.2, 0.25) is 0 Å². The van der Waals surface area contributed by atoms with Crippen LogP contribution in [0.5, 0.6) is 0 Å². The monoisotopic (exact) mass is 238 g/mol. The van der Waals surface area contributed by atoms with Gasteiger partial charge in [0.05, 0.1) is 12.5 Å². The van der Waals surface area contributed by atoms with Crippen molar-refractivity contribution in [3.8, 4) is 6.07 Å². The van der Waals surface area contributed by atoms with Gasteiger partial charge in [0.1, 0.15) is 0 Å². The van der Waals surface area contributed by atoms with Gasteiger partial charge in [-0.05, 0) is 25.1 Å². The highest BCUT2D eigenvalue weighted by Gasteiger charge is 2.00. The standard InChI is InChI=1S/C10H11BrN2/c1-8(5-6-12)13-10-4-2-3-9(11)7-10/h2-4,7-8,13H,5H2,1H3. The number of nitrogens with one attached hydrogen (secondary N) is 1. The third-order valence-electron chi connectivity index (χ3n) is 1.64. The fraction of sp³-hybridized carbons (Fsp3) is 0.300. The zero-order valence-corrected chi connectivity index (χ0v) is 9.01.